The van der Waals surface area contributed by atoms with Crippen molar-refractivity contribution in [1.82, 2.24) is 10.2 Å². The molecule has 28 heavy (non-hydrogen) atoms. The number of para-hydroxylation sites is 1. The van der Waals surface area contributed by atoms with Crippen LogP contribution in [0.5, 0.6) is 5.75 Å². The van der Waals surface area contributed by atoms with Gasteiger partial charge < -0.3 is 15.0 Å². The molecule has 1 aliphatic heterocycles. The molecule has 1 heterocycles. The molecule has 1 aromatic rings. The molecule has 152 valence electrons. The minimum atomic E-state index is -0.213. The lowest BCUT2D eigenvalue weighted by atomic mass is 9.84. The van der Waals surface area contributed by atoms with Gasteiger partial charge in [0.05, 0.1) is 12.6 Å². The van der Waals surface area contributed by atoms with E-state index in [9.17, 15) is 4.79 Å². The van der Waals surface area contributed by atoms with Gasteiger partial charge in [0.1, 0.15) is 5.75 Å². The van der Waals surface area contributed by atoms with E-state index in [-0.39, 0.29) is 11.8 Å². The van der Waals surface area contributed by atoms with Crippen molar-refractivity contribution in [1.29, 1.82) is 0 Å². The van der Waals surface area contributed by atoms with Crippen LogP contribution in [0.25, 0.3) is 0 Å². The lowest BCUT2D eigenvalue weighted by Gasteiger charge is -2.41. The maximum absolute atomic E-state index is 12.9. The third kappa shape index (κ3) is 4.57. The first kappa shape index (κ1) is 20.8. The van der Waals surface area contributed by atoms with Crippen LogP contribution in [0.4, 0.5) is 0 Å². The fourth-order valence-electron chi connectivity index (χ4n) is 4.11. The van der Waals surface area contributed by atoms with Gasteiger partial charge in [0.2, 0.25) is 0 Å². The number of rotatable bonds is 9. The van der Waals surface area contributed by atoms with Crippen LogP contribution >= 0.6 is 12.2 Å². The number of Topliss-reactive ketones (excluding diaryl/α,β-unsaturated/α-hetero) is 1. The summed E-state index contributed by atoms with van der Waals surface area (Å²) in [4.78, 5) is 15.0. The summed E-state index contributed by atoms with van der Waals surface area (Å²) >= 11 is 5.68. The van der Waals surface area contributed by atoms with Gasteiger partial charge in [0, 0.05) is 29.8 Å². The van der Waals surface area contributed by atoms with E-state index < -0.39 is 0 Å². The Balaban J connectivity index is 1.89. The van der Waals surface area contributed by atoms with E-state index in [2.05, 4.69) is 30.1 Å². The van der Waals surface area contributed by atoms with Gasteiger partial charge in [-0.3, -0.25) is 4.79 Å². The van der Waals surface area contributed by atoms with Gasteiger partial charge in [0.25, 0.3) is 0 Å². The van der Waals surface area contributed by atoms with E-state index in [1.807, 2.05) is 18.2 Å². The van der Waals surface area contributed by atoms with E-state index in [1.54, 1.807) is 0 Å². The molecule has 1 atom stereocenters. The summed E-state index contributed by atoms with van der Waals surface area (Å²) in [7, 11) is 0. The van der Waals surface area contributed by atoms with Crippen LogP contribution in [0, 0.1) is 0 Å². The highest BCUT2D eigenvalue weighted by atomic mass is 32.1. The molecule has 1 aliphatic carbocycles. The van der Waals surface area contributed by atoms with E-state index >= 15 is 0 Å². The van der Waals surface area contributed by atoms with Gasteiger partial charge in [-0.2, -0.15) is 0 Å². The Kier molecular flexibility index (Phi) is 7.49. The second kappa shape index (κ2) is 10.1. The molecular formula is C23H32N2O2S. The highest BCUT2D eigenvalue weighted by Crippen LogP contribution is 2.40. The van der Waals surface area contributed by atoms with Gasteiger partial charge in [-0.1, -0.05) is 51.3 Å². The molecule has 5 heteroatoms. The quantitative estimate of drug-likeness (QED) is 0.450. The summed E-state index contributed by atoms with van der Waals surface area (Å²) in [6, 6.07) is 7.86. The van der Waals surface area contributed by atoms with E-state index in [1.165, 1.54) is 19.3 Å². The number of nitrogens with zero attached hydrogens (tertiary/aromatic N) is 1. The summed E-state index contributed by atoms with van der Waals surface area (Å²) in [6.07, 6.45) is 8.12. The number of ether oxygens (including phenoxy) is 1. The van der Waals surface area contributed by atoms with E-state index in [0.717, 1.165) is 59.9 Å². The summed E-state index contributed by atoms with van der Waals surface area (Å²) in [6.45, 7) is 5.90. The third-order valence-corrected chi connectivity index (χ3v) is 5.83. The van der Waals surface area contributed by atoms with Crippen molar-refractivity contribution in [2.75, 3.05) is 13.2 Å². The zero-order chi connectivity index (χ0) is 19.9. The monoisotopic (exact) mass is 400 g/mol. The van der Waals surface area contributed by atoms with Crippen molar-refractivity contribution in [2.24, 2.45) is 0 Å². The summed E-state index contributed by atoms with van der Waals surface area (Å²) in [5.41, 5.74) is 3.01. The topological polar surface area (TPSA) is 41.6 Å². The summed E-state index contributed by atoms with van der Waals surface area (Å²) < 4.78 is 6.13. The maximum Gasteiger partial charge on any atom is 0.173 e. The van der Waals surface area contributed by atoms with Gasteiger partial charge in [-0.05, 0) is 44.0 Å². The van der Waals surface area contributed by atoms with Crippen molar-refractivity contribution in [3.05, 3.63) is 41.1 Å². The zero-order valence-electron chi connectivity index (χ0n) is 17.1. The lowest BCUT2D eigenvalue weighted by molar-refractivity contribution is -0.116. The predicted octanol–water partition coefficient (Wildman–Crippen LogP) is 5.29. The molecule has 2 aliphatic rings. The molecule has 0 radical (unpaired) electrons. The Hall–Kier alpha value is -1.88. The molecule has 0 fully saturated rings. The SMILES string of the molecule is CCCCCCOc1ccccc1C1NC(=S)N(CCC)C2=C1C(=O)CCC2. The first-order chi connectivity index (χ1) is 13.7. The zero-order valence-corrected chi connectivity index (χ0v) is 17.9. The number of ketones is 1. The standard InChI is InChI=1S/C23H32N2O2S/c1-3-5-6-9-16-27-20-14-8-7-11-17(20)22-21-18(12-10-13-19(21)26)25(15-4-2)23(28)24-22/h7-8,11,14,22H,3-6,9-10,12-13,15-16H2,1-2H3,(H,24,28). The fraction of sp³-hybridized carbons (Fsp3) is 0.565. The predicted molar refractivity (Wildman–Crippen MR) is 117 cm³/mol. The number of benzene rings is 1. The highest BCUT2D eigenvalue weighted by Gasteiger charge is 2.37. The van der Waals surface area contributed by atoms with Crippen molar-refractivity contribution in [2.45, 2.75) is 71.3 Å². The number of thiocarbonyl (C=S) groups is 1. The van der Waals surface area contributed by atoms with Crippen molar-refractivity contribution in [3.63, 3.8) is 0 Å². The maximum atomic E-state index is 12.9. The van der Waals surface area contributed by atoms with Gasteiger partial charge in [-0.15, -0.1) is 0 Å². The van der Waals surface area contributed by atoms with Crippen LogP contribution in [0.3, 0.4) is 0 Å². The largest absolute Gasteiger partial charge is 0.493 e. The smallest absolute Gasteiger partial charge is 0.173 e. The summed E-state index contributed by atoms with van der Waals surface area (Å²) in [5, 5.41) is 4.17. The second-order valence-electron chi connectivity index (χ2n) is 7.62. The van der Waals surface area contributed by atoms with Crippen LogP contribution < -0.4 is 10.1 Å². The van der Waals surface area contributed by atoms with Crippen molar-refractivity contribution in [3.8, 4) is 5.75 Å². The van der Waals surface area contributed by atoms with Crippen LogP contribution in [-0.2, 0) is 4.79 Å². The Labute approximate surface area is 174 Å². The number of carbonyl (C=O) groups is 1. The first-order valence-corrected chi connectivity index (χ1v) is 11.1. The van der Waals surface area contributed by atoms with Gasteiger partial charge in [-0.25, -0.2) is 0 Å². The molecular weight excluding hydrogens is 368 g/mol. The second-order valence-corrected chi connectivity index (χ2v) is 8.00. The Bertz CT molecular complexity index is 744. The van der Waals surface area contributed by atoms with Gasteiger partial charge >= 0.3 is 0 Å². The average Bonchev–Trinajstić information content (AvgIpc) is 2.70. The highest BCUT2D eigenvalue weighted by molar-refractivity contribution is 7.80. The molecule has 3 rings (SSSR count). The normalized spacial score (nSPS) is 19.5. The molecule has 1 unspecified atom stereocenters. The number of hydrogen-bond acceptors (Lipinski definition) is 3. The Morgan fingerprint density at radius 3 is 2.75 bits per heavy atom. The fourth-order valence-corrected chi connectivity index (χ4v) is 4.42. The molecule has 1 aromatic carbocycles. The number of hydrogen-bond donors (Lipinski definition) is 1. The molecule has 4 nitrogen and oxygen atoms in total. The number of unbranched alkanes of at least 4 members (excludes halogenated alkanes) is 3. The summed E-state index contributed by atoms with van der Waals surface area (Å²) in [5.74, 6) is 1.09. The van der Waals surface area contributed by atoms with Crippen LogP contribution in [0.15, 0.2) is 35.5 Å². The van der Waals surface area contributed by atoms with Gasteiger partial charge in [0.15, 0.2) is 10.9 Å². The Morgan fingerprint density at radius 2 is 1.96 bits per heavy atom. The van der Waals surface area contributed by atoms with Crippen LogP contribution in [-0.4, -0.2) is 28.9 Å². The third-order valence-electron chi connectivity index (χ3n) is 5.49. The minimum absolute atomic E-state index is 0.213. The van der Waals surface area contributed by atoms with E-state index in [4.69, 9.17) is 17.0 Å². The Morgan fingerprint density at radius 1 is 1.14 bits per heavy atom. The molecule has 0 saturated carbocycles. The molecule has 0 bridgehead atoms. The molecule has 0 spiro atoms. The molecule has 0 saturated heterocycles. The molecule has 1 N–H and O–H groups in total. The number of carbonyl (C=O) groups excluding carboxylic acids is 1. The van der Waals surface area contributed by atoms with E-state index in [0.29, 0.717) is 13.0 Å². The van der Waals surface area contributed by atoms with Crippen molar-refractivity contribution >= 4 is 23.1 Å². The van der Waals surface area contributed by atoms with Crippen LogP contribution in [0.1, 0.15) is 76.8 Å². The number of nitrogens with one attached hydrogen (secondary N) is 1. The van der Waals surface area contributed by atoms with Crippen LogP contribution in [0.2, 0.25) is 0 Å². The molecule has 0 aromatic heterocycles. The van der Waals surface area contributed by atoms with Crippen molar-refractivity contribution < 1.29 is 9.53 Å². The average molecular weight is 401 g/mol. The number of allylic oxidation sites excluding steroid dienone is 1. The minimum Gasteiger partial charge on any atom is -0.493 e. The first-order valence-electron chi connectivity index (χ1n) is 10.7. The molecule has 0 amide bonds. The lowest BCUT2D eigenvalue weighted by Crippen LogP contribution is -2.49.